The van der Waals surface area contributed by atoms with Crippen molar-refractivity contribution in [2.24, 2.45) is 4.99 Å². The predicted octanol–water partition coefficient (Wildman–Crippen LogP) is 3.23. The molecule has 2 aromatic heterocycles. The van der Waals surface area contributed by atoms with Crippen LogP contribution in [0.25, 0.3) is 10.9 Å². The number of piperazine rings is 1. The third-order valence-corrected chi connectivity index (χ3v) is 7.00. The lowest BCUT2D eigenvalue weighted by Gasteiger charge is -2.32. The van der Waals surface area contributed by atoms with E-state index in [0.29, 0.717) is 32.8 Å². The minimum atomic E-state index is -0.766. The Morgan fingerprint density at radius 1 is 1.11 bits per heavy atom. The second kappa shape index (κ2) is 11.5. The maximum absolute atomic E-state index is 15.6. The first-order chi connectivity index (χ1) is 18.0. The molecule has 10 heteroatoms. The largest absolute Gasteiger partial charge is 0.474 e. The van der Waals surface area contributed by atoms with E-state index in [9.17, 15) is 0 Å². The first-order valence-corrected chi connectivity index (χ1v) is 12.8. The van der Waals surface area contributed by atoms with E-state index < -0.39 is 11.6 Å². The van der Waals surface area contributed by atoms with Crippen LogP contribution in [0.1, 0.15) is 16.8 Å². The topological polar surface area (TPSA) is 69.2 Å². The van der Waals surface area contributed by atoms with E-state index in [1.807, 2.05) is 25.3 Å². The van der Waals surface area contributed by atoms with Gasteiger partial charge in [-0.15, -0.1) is 0 Å². The van der Waals surface area contributed by atoms with Gasteiger partial charge in [0.25, 0.3) is 5.88 Å². The van der Waals surface area contributed by atoms with Gasteiger partial charge in [-0.2, -0.15) is 4.39 Å². The number of aromatic nitrogens is 2. The van der Waals surface area contributed by atoms with Crippen molar-refractivity contribution in [2.75, 3.05) is 77.6 Å². The van der Waals surface area contributed by atoms with Gasteiger partial charge in [0, 0.05) is 74.7 Å². The summed E-state index contributed by atoms with van der Waals surface area (Å²) in [6, 6.07) is 6.13. The fourth-order valence-corrected chi connectivity index (χ4v) is 4.76. The van der Waals surface area contributed by atoms with Crippen LogP contribution < -0.4 is 9.64 Å². The third-order valence-electron chi connectivity index (χ3n) is 7.00. The van der Waals surface area contributed by atoms with Gasteiger partial charge in [-0.25, -0.2) is 9.37 Å². The van der Waals surface area contributed by atoms with E-state index in [-0.39, 0.29) is 30.4 Å². The molecule has 8 nitrogen and oxygen atoms in total. The molecule has 2 fully saturated rings. The maximum Gasteiger partial charge on any atom is 0.253 e. The number of benzene rings is 1. The van der Waals surface area contributed by atoms with Crippen LogP contribution in [0.2, 0.25) is 0 Å². The number of hydrogen-bond donors (Lipinski definition) is 1. The molecule has 37 heavy (non-hydrogen) atoms. The number of fused-ring (bicyclic) bond motifs is 1. The van der Waals surface area contributed by atoms with Gasteiger partial charge in [-0.3, -0.25) is 9.89 Å². The second-order valence-corrected chi connectivity index (χ2v) is 9.70. The summed E-state index contributed by atoms with van der Waals surface area (Å²) in [6.45, 7) is 8.41. The highest BCUT2D eigenvalue weighted by atomic mass is 19.1. The number of aromatic amines is 1. The van der Waals surface area contributed by atoms with Crippen molar-refractivity contribution >= 4 is 22.8 Å². The van der Waals surface area contributed by atoms with Gasteiger partial charge in [0.2, 0.25) is 5.82 Å². The Bertz CT molecular complexity index is 1250. The summed E-state index contributed by atoms with van der Waals surface area (Å²) in [6.07, 6.45) is 3.56. The number of likely N-dealkylation sites (N-methyl/N-ethyl adjacent to an activating group) is 1. The van der Waals surface area contributed by atoms with Gasteiger partial charge in [0.15, 0.2) is 5.82 Å². The van der Waals surface area contributed by atoms with Crippen molar-refractivity contribution in [2.45, 2.75) is 13.5 Å². The normalized spacial score (nSPS) is 17.8. The van der Waals surface area contributed by atoms with Crippen molar-refractivity contribution in [3.05, 3.63) is 52.9 Å². The number of nitrogens with zero attached hydrogens (tertiary/aromatic N) is 5. The Balaban J connectivity index is 1.35. The number of pyridine rings is 1. The molecule has 0 bridgehead atoms. The highest BCUT2D eigenvalue weighted by molar-refractivity contribution is 5.99. The Morgan fingerprint density at radius 2 is 1.89 bits per heavy atom. The van der Waals surface area contributed by atoms with Crippen molar-refractivity contribution in [3.8, 4) is 5.88 Å². The standard InChI is InChI=1S/C27H34F2N6O2/c1-19-3-4-21-20(17-31-22(21)15-19)16-30-18-23-24(28)26(35-10-12-36-13-11-35)25(29)27(32-23)37-14-9-34-7-5-33(2)6-8-34/h3-4,15-17,31H,5-14,18H2,1-2H3. The summed E-state index contributed by atoms with van der Waals surface area (Å²) in [5.41, 5.74) is 3.02. The van der Waals surface area contributed by atoms with E-state index in [1.54, 1.807) is 11.1 Å². The molecule has 0 aliphatic carbocycles. The zero-order valence-corrected chi connectivity index (χ0v) is 21.5. The second-order valence-electron chi connectivity index (χ2n) is 9.70. The SMILES string of the molecule is Cc1ccc2c(C=NCc3nc(OCCN4CCN(C)CC4)c(F)c(N4CCOCC4)c3F)c[nH]c2c1. The molecule has 2 aliphatic rings. The van der Waals surface area contributed by atoms with Gasteiger partial charge in [0.1, 0.15) is 18.0 Å². The van der Waals surface area contributed by atoms with Crippen LogP contribution >= 0.6 is 0 Å². The van der Waals surface area contributed by atoms with Crippen LogP contribution in [0.15, 0.2) is 29.4 Å². The van der Waals surface area contributed by atoms with Crippen LogP contribution in [-0.2, 0) is 11.3 Å². The fourth-order valence-electron chi connectivity index (χ4n) is 4.76. The van der Waals surface area contributed by atoms with Crippen molar-refractivity contribution in [1.29, 1.82) is 0 Å². The first kappa shape index (κ1) is 25.6. The van der Waals surface area contributed by atoms with Gasteiger partial charge in [0.05, 0.1) is 19.8 Å². The third kappa shape index (κ3) is 5.92. The fraction of sp³-hybridized carbons (Fsp3) is 0.481. The molecule has 1 N–H and O–H groups in total. The number of halogens is 2. The summed E-state index contributed by atoms with van der Waals surface area (Å²) in [5, 5.41) is 1.03. The van der Waals surface area contributed by atoms with E-state index in [2.05, 4.69) is 37.9 Å². The number of H-pyrrole nitrogens is 1. The van der Waals surface area contributed by atoms with E-state index in [4.69, 9.17) is 9.47 Å². The lowest BCUT2D eigenvalue weighted by atomic mass is 10.1. The van der Waals surface area contributed by atoms with E-state index >= 15 is 8.78 Å². The number of ether oxygens (including phenoxy) is 2. The first-order valence-electron chi connectivity index (χ1n) is 12.8. The average molecular weight is 513 g/mol. The molecule has 1 aromatic carbocycles. The number of hydrogen-bond acceptors (Lipinski definition) is 7. The lowest BCUT2D eigenvalue weighted by molar-refractivity contribution is 0.121. The zero-order valence-electron chi connectivity index (χ0n) is 21.5. The van der Waals surface area contributed by atoms with Crippen molar-refractivity contribution in [3.63, 3.8) is 0 Å². The Labute approximate surface area is 215 Å². The van der Waals surface area contributed by atoms with E-state index in [1.165, 1.54) is 0 Å². The van der Waals surface area contributed by atoms with Gasteiger partial charge >= 0.3 is 0 Å². The van der Waals surface area contributed by atoms with Crippen LogP contribution in [0.4, 0.5) is 14.5 Å². The minimum absolute atomic E-state index is 0.0309. The van der Waals surface area contributed by atoms with Gasteiger partial charge in [-0.05, 0) is 25.6 Å². The summed E-state index contributed by atoms with van der Waals surface area (Å²) < 4.78 is 42.2. The molecule has 4 heterocycles. The molecule has 2 aliphatic heterocycles. The monoisotopic (exact) mass is 512 g/mol. The molecule has 198 valence electrons. The summed E-state index contributed by atoms with van der Waals surface area (Å²) in [7, 11) is 2.10. The number of aryl methyl sites for hydroxylation is 1. The maximum atomic E-state index is 15.6. The number of morpholine rings is 1. The van der Waals surface area contributed by atoms with Gasteiger partial charge < -0.3 is 24.3 Å². The van der Waals surface area contributed by atoms with Crippen LogP contribution in [0.3, 0.4) is 0 Å². The molecule has 0 radical (unpaired) electrons. The van der Waals surface area contributed by atoms with Crippen molar-refractivity contribution < 1.29 is 18.3 Å². The van der Waals surface area contributed by atoms with Crippen molar-refractivity contribution in [1.82, 2.24) is 19.8 Å². The molecular formula is C27H34F2N6O2. The summed E-state index contributed by atoms with van der Waals surface area (Å²) >= 11 is 0. The number of anilines is 1. The summed E-state index contributed by atoms with van der Waals surface area (Å²) in [5.74, 6) is -1.64. The quantitative estimate of drug-likeness (QED) is 0.468. The number of aliphatic imine (C=N–C) groups is 1. The molecular weight excluding hydrogens is 478 g/mol. The molecule has 0 amide bonds. The van der Waals surface area contributed by atoms with Gasteiger partial charge in [-0.1, -0.05) is 12.1 Å². The Hall–Kier alpha value is -3.08. The Kier molecular flexibility index (Phi) is 7.97. The minimum Gasteiger partial charge on any atom is -0.474 e. The van der Waals surface area contributed by atoms with Crippen LogP contribution in [0, 0.1) is 18.6 Å². The van der Waals surface area contributed by atoms with Crippen LogP contribution in [0.5, 0.6) is 5.88 Å². The molecule has 0 atom stereocenters. The van der Waals surface area contributed by atoms with E-state index in [0.717, 1.165) is 48.2 Å². The molecule has 5 rings (SSSR count). The zero-order chi connectivity index (χ0) is 25.8. The molecule has 0 unspecified atom stereocenters. The lowest BCUT2D eigenvalue weighted by Crippen LogP contribution is -2.45. The Morgan fingerprint density at radius 3 is 2.68 bits per heavy atom. The number of rotatable bonds is 8. The molecule has 0 spiro atoms. The van der Waals surface area contributed by atoms with Crippen LogP contribution in [-0.4, -0.2) is 98.7 Å². The summed E-state index contributed by atoms with van der Waals surface area (Å²) in [4.78, 5) is 18.1. The number of nitrogens with one attached hydrogen (secondary N) is 1. The smallest absolute Gasteiger partial charge is 0.253 e. The average Bonchev–Trinajstić information content (AvgIpc) is 3.30. The highest BCUT2D eigenvalue weighted by Gasteiger charge is 2.27. The predicted molar refractivity (Wildman–Crippen MR) is 141 cm³/mol. The molecule has 2 saturated heterocycles. The molecule has 3 aromatic rings. The molecule has 0 saturated carbocycles. The highest BCUT2D eigenvalue weighted by Crippen LogP contribution is 2.32.